The van der Waals surface area contributed by atoms with E-state index in [1.807, 2.05) is 97.1 Å². The first kappa shape index (κ1) is 37.9. The van der Waals surface area contributed by atoms with Crippen molar-refractivity contribution in [3.8, 4) is 44.5 Å². The zero-order valence-corrected chi connectivity index (χ0v) is 32.7. The van der Waals surface area contributed by atoms with Gasteiger partial charge in [-0.25, -0.2) is 14.8 Å². The number of aromatic nitrogens is 8. The van der Waals surface area contributed by atoms with E-state index in [0.29, 0.717) is 27.5 Å². The molecule has 0 aromatic carbocycles. The summed E-state index contributed by atoms with van der Waals surface area (Å²) < 4.78 is 1.61. The van der Waals surface area contributed by atoms with E-state index in [1.54, 1.807) is 54.1 Å². The van der Waals surface area contributed by atoms with E-state index in [9.17, 15) is 14.4 Å². The van der Waals surface area contributed by atoms with Gasteiger partial charge in [0.1, 0.15) is 0 Å². The Labute approximate surface area is 352 Å². The molecule has 0 N–H and O–H groups in total. The summed E-state index contributed by atoms with van der Waals surface area (Å²) >= 11 is 0. The fourth-order valence-electron chi connectivity index (χ4n) is 7.49. The Morgan fingerprint density at radius 3 is 1.22 bits per heavy atom. The third-order valence-corrected chi connectivity index (χ3v) is 10.2. The average molecular weight is 828 g/mol. The normalized spacial score (nSPS) is 13.1. The van der Waals surface area contributed by atoms with Gasteiger partial charge in [-0.3, -0.25) is 24.5 Å². The second-order valence-electron chi connectivity index (χ2n) is 13.9. The zero-order valence-electron chi connectivity index (χ0n) is 31.5. The SMILES string of the molecule is O=C(C[n+]1ccc(-c2c3nc(c(-c4ccncc4)c4ccc([n-]4)c(-c4ccncc4)c4nc(c(-c5ccncc5)c5ccc2[n-]5)C=C4)C=C3)cc1)ON1C(=O)CCC1=O.[Mn+3]. The number of carbonyl (C=O) groups excluding carboxylic acids is 3. The largest absolute Gasteiger partial charge is 3.00 e. The Hall–Kier alpha value is -7.67. The number of imide groups is 1. The number of hydroxylamine groups is 2. The predicted octanol–water partition coefficient (Wildman–Crippen LogP) is 6.66. The van der Waals surface area contributed by atoms with Crippen molar-refractivity contribution in [3.05, 3.63) is 145 Å². The molecule has 7 aromatic rings. The van der Waals surface area contributed by atoms with Gasteiger partial charge in [0.2, 0.25) is 6.54 Å². The van der Waals surface area contributed by atoms with Crippen molar-refractivity contribution in [1.29, 1.82) is 0 Å². The van der Waals surface area contributed by atoms with Crippen molar-refractivity contribution in [2.24, 2.45) is 0 Å². The molecule has 10 heterocycles. The first-order valence-electron chi connectivity index (χ1n) is 18.8. The van der Waals surface area contributed by atoms with Gasteiger partial charge >= 0.3 is 23.0 Å². The van der Waals surface area contributed by atoms with Crippen LogP contribution >= 0.6 is 0 Å². The number of carbonyl (C=O) groups is 3. The Morgan fingerprint density at radius 2 is 0.867 bits per heavy atom. The van der Waals surface area contributed by atoms with E-state index in [1.165, 1.54) is 0 Å². The minimum atomic E-state index is -0.745. The number of pyridine rings is 4. The Balaban J connectivity index is 0.00000462. The topological polar surface area (TPSA) is 160 Å². The van der Waals surface area contributed by atoms with Crippen molar-refractivity contribution in [2.45, 2.75) is 19.4 Å². The summed E-state index contributed by atoms with van der Waals surface area (Å²) in [5.74, 6) is -1.81. The van der Waals surface area contributed by atoms with Crippen LogP contribution in [0.25, 0.3) is 90.9 Å². The van der Waals surface area contributed by atoms with Gasteiger partial charge in [0.25, 0.3) is 11.8 Å². The molecule has 1 saturated heterocycles. The van der Waals surface area contributed by atoms with Crippen molar-refractivity contribution < 1.29 is 40.9 Å². The van der Waals surface area contributed by atoms with Crippen LogP contribution in [0.2, 0.25) is 0 Å². The van der Waals surface area contributed by atoms with Crippen LogP contribution in [0.5, 0.6) is 0 Å². The molecule has 10 rings (SSSR count). The summed E-state index contributed by atoms with van der Waals surface area (Å²) in [6, 6.07) is 23.4. The first-order valence-corrected chi connectivity index (χ1v) is 18.8. The van der Waals surface area contributed by atoms with Crippen LogP contribution in [-0.2, 0) is 42.8 Å². The fourth-order valence-corrected chi connectivity index (χ4v) is 7.49. The van der Waals surface area contributed by atoms with E-state index in [2.05, 4.69) is 15.0 Å². The van der Waals surface area contributed by atoms with Gasteiger partial charge < -0.3 is 14.8 Å². The van der Waals surface area contributed by atoms with E-state index >= 15 is 0 Å². The molecule has 0 saturated carbocycles. The first-order chi connectivity index (χ1) is 29.0. The van der Waals surface area contributed by atoms with Crippen LogP contribution in [0, 0.1) is 0 Å². The molecule has 7 aromatic heterocycles. The van der Waals surface area contributed by atoms with Crippen LogP contribution in [-0.4, -0.2) is 47.8 Å². The van der Waals surface area contributed by atoms with Gasteiger partial charge in [-0.15, -0.1) is 27.1 Å². The molecule has 60 heavy (non-hydrogen) atoms. The number of amides is 2. The Kier molecular flexibility index (Phi) is 10.1. The van der Waals surface area contributed by atoms with E-state index in [0.717, 1.165) is 66.9 Å². The molecule has 8 bridgehead atoms. The molecule has 0 atom stereocenters. The zero-order chi connectivity index (χ0) is 39.9. The van der Waals surface area contributed by atoms with Crippen LogP contribution < -0.4 is 14.5 Å². The molecule has 14 heteroatoms. The van der Waals surface area contributed by atoms with Crippen molar-refractivity contribution in [2.75, 3.05) is 0 Å². The van der Waals surface area contributed by atoms with Gasteiger partial charge in [-0.2, -0.15) is 4.57 Å². The third-order valence-electron chi connectivity index (χ3n) is 10.2. The van der Waals surface area contributed by atoms with Crippen molar-refractivity contribution >= 4 is 64.2 Å². The second-order valence-corrected chi connectivity index (χ2v) is 13.9. The number of fused-ring (bicyclic) bond motifs is 8. The van der Waals surface area contributed by atoms with Crippen LogP contribution in [0.15, 0.2) is 122 Å². The van der Waals surface area contributed by atoms with Crippen molar-refractivity contribution in [1.82, 2.24) is 40.0 Å². The Bertz CT molecular complexity index is 3000. The van der Waals surface area contributed by atoms with Crippen LogP contribution in [0.4, 0.5) is 0 Å². The maximum atomic E-state index is 12.8. The summed E-state index contributed by atoms with van der Waals surface area (Å²) in [5.41, 5.74) is 12.4. The average Bonchev–Trinajstić information content (AvgIpc) is 4.14. The second kappa shape index (κ2) is 15.9. The number of hydrogen-bond donors (Lipinski definition) is 0. The summed E-state index contributed by atoms with van der Waals surface area (Å²) in [4.78, 5) is 75.7. The molecular formula is C46H30MnN9O4+2. The van der Waals surface area contributed by atoms with E-state index in [4.69, 9.17) is 24.8 Å². The monoisotopic (exact) mass is 827 g/mol. The van der Waals surface area contributed by atoms with E-state index in [-0.39, 0.29) is 36.5 Å². The predicted molar refractivity (Wildman–Crippen MR) is 219 cm³/mol. The van der Waals surface area contributed by atoms with Gasteiger partial charge in [0, 0.05) is 62.2 Å². The molecule has 0 aliphatic carbocycles. The number of hydrogen-bond acceptors (Lipinski definition) is 9. The summed E-state index contributed by atoms with van der Waals surface area (Å²) in [7, 11) is 0. The quantitative estimate of drug-likeness (QED) is 0.0961. The molecule has 0 radical (unpaired) electrons. The number of nitrogens with zero attached hydrogens (tertiary/aromatic N) is 9. The molecule has 13 nitrogen and oxygen atoms in total. The van der Waals surface area contributed by atoms with Crippen LogP contribution in [0.3, 0.4) is 0 Å². The maximum absolute atomic E-state index is 12.8. The summed E-state index contributed by atoms with van der Waals surface area (Å²) in [5, 5.41) is 0.549. The third kappa shape index (κ3) is 7.10. The molecule has 3 aliphatic heterocycles. The van der Waals surface area contributed by atoms with Crippen molar-refractivity contribution in [3.63, 3.8) is 0 Å². The summed E-state index contributed by atoms with van der Waals surface area (Å²) in [6.45, 7) is -0.220. The smallest absolute Gasteiger partial charge is 0.657 e. The Morgan fingerprint density at radius 1 is 0.533 bits per heavy atom. The fraction of sp³-hybridized carbons (Fsp3) is 0.0652. The number of rotatable bonds is 7. The molecule has 0 spiro atoms. The maximum Gasteiger partial charge on any atom is 3.00 e. The van der Waals surface area contributed by atoms with Gasteiger partial charge in [0.15, 0.2) is 12.4 Å². The standard InChI is InChI=1S/C46H30N9O4.Mn/c56-40-9-10-41(57)55(40)59-42(58)27-54-25-17-31(18-26-54)46-38-7-5-36(52-38)44(29-13-21-48-22-14-29)34-3-1-32(50-34)43(28-11-19-47-20-12-28)33-2-4-35(51-33)45(30-15-23-49-24-16-30)37-6-8-39(46)53-37;/h1-8,11-26H,9-10,27H2;/q-1;+3. The molecular weight excluding hydrogens is 798 g/mol. The van der Waals surface area contributed by atoms with Gasteiger partial charge in [-0.1, -0.05) is 24.3 Å². The molecule has 3 aliphatic rings. The van der Waals surface area contributed by atoms with E-state index < -0.39 is 17.8 Å². The minimum absolute atomic E-state index is 0. The van der Waals surface area contributed by atoms with Gasteiger partial charge in [0.05, 0.1) is 22.8 Å². The molecule has 2 amide bonds. The van der Waals surface area contributed by atoms with Gasteiger partial charge in [-0.05, 0) is 105 Å². The minimum Gasteiger partial charge on any atom is -0.657 e. The summed E-state index contributed by atoms with van der Waals surface area (Å²) in [6.07, 6.45) is 22.0. The molecule has 0 unspecified atom stereocenters. The molecule has 288 valence electrons. The van der Waals surface area contributed by atoms with Crippen LogP contribution in [0.1, 0.15) is 35.6 Å². The molecule has 1 fully saturated rings.